The smallest absolute Gasteiger partial charge is 0.317 e. The first-order valence-electron chi connectivity index (χ1n) is 10.1. The van der Waals surface area contributed by atoms with E-state index in [1.807, 2.05) is 13.8 Å². The maximum atomic E-state index is 12.7. The fraction of sp³-hybridized carbons (Fsp3) is 0.700. The van der Waals surface area contributed by atoms with Crippen molar-refractivity contribution in [3.05, 3.63) is 27.2 Å². The van der Waals surface area contributed by atoms with Crippen LogP contribution in [0.4, 0.5) is 0 Å². The first-order valence-corrected chi connectivity index (χ1v) is 10.1. The third kappa shape index (κ3) is 5.91. The molecule has 27 heavy (non-hydrogen) atoms. The Morgan fingerprint density at radius 1 is 0.926 bits per heavy atom. The fourth-order valence-corrected chi connectivity index (χ4v) is 2.63. The fourth-order valence-electron chi connectivity index (χ4n) is 2.63. The first kappa shape index (κ1) is 22.9. The van der Waals surface area contributed by atoms with Crippen LogP contribution in [-0.2, 0) is 24.4 Å². The molecule has 2 aromatic rings. The van der Waals surface area contributed by atoms with Gasteiger partial charge in [0, 0.05) is 13.1 Å². The molecule has 0 radical (unpaired) electrons. The minimum Gasteiger partial charge on any atom is -0.317 e. The van der Waals surface area contributed by atoms with Gasteiger partial charge in [0.1, 0.15) is 5.78 Å². The van der Waals surface area contributed by atoms with Gasteiger partial charge in [-0.3, -0.25) is 18.7 Å². The zero-order valence-electron chi connectivity index (χ0n) is 17.5. The summed E-state index contributed by atoms with van der Waals surface area (Å²) < 4.78 is 4.39. The Morgan fingerprint density at radius 2 is 1.48 bits per heavy atom. The van der Waals surface area contributed by atoms with Gasteiger partial charge < -0.3 is 4.57 Å². The molecule has 2 aromatic heterocycles. The van der Waals surface area contributed by atoms with E-state index in [0.717, 1.165) is 25.7 Å². The van der Waals surface area contributed by atoms with Gasteiger partial charge in [-0.2, -0.15) is 0 Å². The van der Waals surface area contributed by atoms with Crippen LogP contribution >= 0.6 is 0 Å². The van der Waals surface area contributed by atoms with Crippen molar-refractivity contribution in [2.45, 2.75) is 92.8 Å². The molecule has 0 N–H and O–H groups in total. The Hall–Kier alpha value is -2.18. The van der Waals surface area contributed by atoms with Gasteiger partial charge in [-0.15, -0.1) is 0 Å². The summed E-state index contributed by atoms with van der Waals surface area (Å²) in [7, 11) is 0. The van der Waals surface area contributed by atoms with Crippen LogP contribution in [0, 0.1) is 0 Å². The van der Waals surface area contributed by atoms with Gasteiger partial charge in [0.05, 0.1) is 12.9 Å². The lowest BCUT2D eigenvalue weighted by atomic mass is 10.3. The second kappa shape index (κ2) is 11.5. The molecule has 0 amide bonds. The third-order valence-corrected chi connectivity index (χ3v) is 4.35. The second-order valence-electron chi connectivity index (χ2n) is 6.84. The van der Waals surface area contributed by atoms with Crippen molar-refractivity contribution < 1.29 is 4.79 Å². The molecule has 0 atom stereocenters. The molecule has 0 spiro atoms. The van der Waals surface area contributed by atoms with Crippen LogP contribution < -0.4 is 11.2 Å². The normalized spacial score (nSPS) is 10.7. The van der Waals surface area contributed by atoms with E-state index in [9.17, 15) is 14.4 Å². The van der Waals surface area contributed by atoms with Crippen LogP contribution in [0.3, 0.4) is 0 Å². The Kier molecular flexibility index (Phi) is 9.75. The molecule has 0 aliphatic heterocycles. The molecule has 0 fully saturated rings. The SMILES string of the molecule is CCCC.CCCCn1c(=O)c2c(ncn2CC(C)=O)n(CCCC)c1=O. The molecule has 2 heterocycles. The number of carbonyl (C=O) groups is 1. The van der Waals surface area contributed by atoms with Crippen molar-refractivity contribution in [1.29, 1.82) is 0 Å². The molecule has 7 heteroatoms. The summed E-state index contributed by atoms with van der Waals surface area (Å²) in [6.45, 7) is 10.9. The lowest BCUT2D eigenvalue weighted by Gasteiger charge is -2.11. The van der Waals surface area contributed by atoms with E-state index < -0.39 is 0 Å². The number of imidazole rings is 1. The number of Topliss-reactive ketones (excluding diaryl/α,β-unsaturated/α-hetero) is 1. The van der Waals surface area contributed by atoms with Gasteiger partial charge in [0.15, 0.2) is 11.2 Å². The molecule has 0 aliphatic carbocycles. The van der Waals surface area contributed by atoms with Crippen molar-refractivity contribution in [2.75, 3.05) is 0 Å². The number of carbonyl (C=O) groups excluding carboxylic acids is 1. The van der Waals surface area contributed by atoms with Crippen LogP contribution in [-0.4, -0.2) is 24.5 Å². The van der Waals surface area contributed by atoms with Gasteiger partial charge >= 0.3 is 5.69 Å². The molecule has 0 bridgehead atoms. The minimum absolute atomic E-state index is 0.0601. The number of fused-ring (bicyclic) bond motifs is 1. The Morgan fingerprint density at radius 3 is 1.96 bits per heavy atom. The maximum absolute atomic E-state index is 12.7. The van der Waals surface area contributed by atoms with Gasteiger partial charge in [0.2, 0.25) is 0 Å². The molecule has 7 nitrogen and oxygen atoms in total. The van der Waals surface area contributed by atoms with Gasteiger partial charge in [-0.25, -0.2) is 9.78 Å². The number of unbranched alkanes of at least 4 members (excludes halogenated alkanes) is 3. The molecule has 0 aliphatic rings. The van der Waals surface area contributed by atoms with Crippen LogP contribution in [0.15, 0.2) is 15.9 Å². The van der Waals surface area contributed by atoms with Crippen LogP contribution in [0.5, 0.6) is 0 Å². The van der Waals surface area contributed by atoms with E-state index in [1.165, 1.54) is 30.7 Å². The summed E-state index contributed by atoms with van der Waals surface area (Å²) in [4.78, 5) is 41.0. The minimum atomic E-state index is -0.357. The number of aryl methyl sites for hydroxylation is 1. The second-order valence-corrected chi connectivity index (χ2v) is 6.84. The molecule has 0 unspecified atom stereocenters. The number of hydrogen-bond acceptors (Lipinski definition) is 4. The monoisotopic (exact) mass is 378 g/mol. The predicted molar refractivity (Wildman–Crippen MR) is 109 cm³/mol. The van der Waals surface area contributed by atoms with E-state index in [1.54, 1.807) is 9.13 Å². The van der Waals surface area contributed by atoms with Crippen molar-refractivity contribution in [2.24, 2.45) is 0 Å². The summed E-state index contributed by atoms with van der Waals surface area (Å²) >= 11 is 0. The van der Waals surface area contributed by atoms with Crippen molar-refractivity contribution in [3.8, 4) is 0 Å². The molecular formula is C20H34N4O3. The summed E-state index contributed by atoms with van der Waals surface area (Å²) in [6.07, 6.45) is 7.54. The molecule has 2 rings (SSSR count). The van der Waals surface area contributed by atoms with Crippen molar-refractivity contribution in [3.63, 3.8) is 0 Å². The molecule has 0 saturated heterocycles. The highest BCUT2D eigenvalue weighted by Gasteiger charge is 2.18. The average Bonchev–Trinajstić information content (AvgIpc) is 3.04. The lowest BCUT2D eigenvalue weighted by molar-refractivity contribution is -0.117. The summed E-state index contributed by atoms with van der Waals surface area (Å²) in [5.41, 5.74) is 0.0527. The highest BCUT2D eigenvalue weighted by molar-refractivity contribution is 5.78. The molecule has 152 valence electrons. The van der Waals surface area contributed by atoms with Gasteiger partial charge in [-0.05, 0) is 19.8 Å². The van der Waals surface area contributed by atoms with E-state index in [2.05, 4.69) is 18.8 Å². The first-order chi connectivity index (χ1) is 12.9. The Bertz CT molecular complexity index is 843. The van der Waals surface area contributed by atoms with Crippen LogP contribution in [0.1, 0.15) is 73.1 Å². The molecule has 0 saturated carbocycles. The van der Waals surface area contributed by atoms with Crippen LogP contribution in [0.25, 0.3) is 11.2 Å². The third-order valence-electron chi connectivity index (χ3n) is 4.35. The molecular weight excluding hydrogens is 344 g/mol. The zero-order valence-corrected chi connectivity index (χ0v) is 17.5. The van der Waals surface area contributed by atoms with E-state index in [-0.39, 0.29) is 23.6 Å². The summed E-state index contributed by atoms with van der Waals surface area (Å²) in [6, 6.07) is 0. The summed E-state index contributed by atoms with van der Waals surface area (Å²) in [5, 5.41) is 0. The Balaban J connectivity index is 0.000000828. The van der Waals surface area contributed by atoms with Crippen LogP contribution in [0.2, 0.25) is 0 Å². The largest absolute Gasteiger partial charge is 0.332 e. The standard InChI is InChI=1S/C16H24N4O3.C4H10/c1-4-6-8-19-14-13(18(11-17-14)10-12(3)21)15(22)20(16(19)23)9-7-5-2;1-3-4-2/h11H,4-10H2,1-3H3;3-4H2,1-2H3. The van der Waals surface area contributed by atoms with Crippen molar-refractivity contribution >= 4 is 16.9 Å². The predicted octanol–water partition coefficient (Wildman–Crippen LogP) is 3.36. The highest BCUT2D eigenvalue weighted by atomic mass is 16.2. The van der Waals surface area contributed by atoms with E-state index >= 15 is 0 Å². The van der Waals surface area contributed by atoms with Gasteiger partial charge in [-0.1, -0.05) is 53.4 Å². The number of aromatic nitrogens is 4. The Labute approximate surface area is 161 Å². The quantitative estimate of drug-likeness (QED) is 0.670. The number of rotatable bonds is 9. The summed E-state index contributed by atoms with van der Waals surface area (Å²) in [5.74, 6) is -0.0601. The average molecular weight is 379 g/mol. The number of hydrogen-bond donors (Lipinski definition) is 0. The van der Waals surface area contributed by atoms with E-state index in [0.29, 0.717) is 24.3 Å². The van der Waals surface area contributed by atoms with E-state index in [4.69, 9.17) is 0 Å². The molecule has 0 aromatic carbocycles. The highest BCUT2D eigenvalue weighted by Crippen LogP contribution is 2.08. The number of ketones is 1. The van der Waals surface area contributed by atoms with Gasteiger partial charge in [0.25, 0.3) is 5.56 Å². The lowest BCUT2D eigenvalue weighted by Crippen LogP contribution is -2.40. The zero-order chi connectivity index (χ0) is 20.4. The van der Waals surface area contributed by atoms with Crippen molar-refractivity contribution in [1.82, 2.24) is 18.7 Å². The number of nitrogens with zero attached hydrogens (tertiary/aromatic N) is 4. The maximum Gasteiger partial charge on any atom is 0.332 e. The topological polar surface area (TPSA) is 78.9 Å².